The van der Waals surface area contributed by atoms with E-state index < -0.39 is 4.46 Å². The quantitative estimate of drug-likeness (QED) is 0.396. The maximum absolute atomic E-state index is 6.73. The number of halogens is 2. The molecular weight excluding hydrogens is 374 g/mol. The van der Waals surface area contributed by atoms with Crippen LogP contribution in [0.25, 0.3) is 0 Å². The van der Waals surface area contributed by atoms with E-state index in [0.717, 1.165) is 65.3 Å². The molecule has 2 aliphatic heterocycles. The van der Waals surface area contributed by atoms with E-state index >= 15 is 0 Å². The fourth-order valence-electron chi connectivity index (χ4n) is 3.41. The first-order chi connectivity index (χ1) is 10.5. The van der Waals surface area contributed by atoms with Crippen LogP contribution < -0.4 is 0 Å². The molecule has 0 aromatic rings. The van der Waals surface area contributed by atoms with E-state index in [4.69, 9.17) is 23.2 Å². The Kier molecular flexibility index (Phi) is 10.3. The smallest absolute Gasteiger partial charge is 0.302 e. The predicted molar refractivity (Wildman–Crippen MR) is 95.9 cm³/mol. The summed E-state index contributed by atoms with van der Waals surface area (Å²) in [5.74, 6) is 0. The Bertz CT molecular complexity index is 331. The van der Waals surface area contributed by atoms with Crippen molar-refractivity contribution in [3.63, 3.8) is 0 Å². The molecule has 134 valence electrons. The summed E-state index contributed by atoms with van der Waals surface area (Å²) < 4.78 is -0.741. The molecule has 2 heterocycles. The van der Waals surface area contributed by atoms with Crippen molar-refractivity contribution in [3.8, 4) is 0 Å². The molecule has 0 aromatic carbocycles. The van der Waals surface area contributed by atoms with Crippen molar-refractivity contribution < 1.29 is 17.1 Å². The topological polar surface area (TPSA) is 13.0 Å². The number of fused-ring (bicyclic) bond motifs is 3. The van der Waals surface area contributed by atoms with Crippen LogP contribution in [-0.2, 0) is 17.1 Å². The molecule has 2 bridgehead atoms. The molecular formula is C16H32Cl2MnN4+3. The van der Waals surface area contributed by atoms with Gasteiger partial charge in [-0.05, 0) is 32.6 Å². The molecule has 2 saturated heterocycles. The zero-order valence-electron chi connectivity index (χ0n) is 14.6. The van der Waals surface area contributed by atoms with Crippen molar-refractivity contribution in [2.45, 2.75) is 31.1 Å². The van der Waals surface area contributed by atoms with Gasteiger partial charge in [0.15, 0.2) is 4.46 Å². The maximum Gasteiger partial charge on any atom is 3.00 e. The van der Waals surface area contributed by atoms with Crippen LogP contribution in [0.2, 0.25) is 0 Å². The molecule has 0 aliphatic carbocycles. The van der Waals surface area contributed by atoms with Crippen molar-refractivity contribution in [1.82, 2.24) is 19.6 Å². The third-order valence-electron chi connectivity index (χ3n) is 5.14. The largest absolute Gasteiger partial charge is 3.00 e. The van der Waals surface area contributed by atoms with Gasteiger partial charge in [0.05, 0.1) is 0 Å². The molecule has 23 heavy (non-hydrogen) atoms. The van der Waals surface area contributed by atoms with Crippen LogP contribution in [0.3, 0.4) is 0 Å². The molecule has 0 saturated carbocycles. The van der Waals surface area contributed by atoms with E-state index in [9.17, 15) is 0 Å². The van der Waals surface area contributed by atoms with Crippen molar-refractivity contribution in [2.24, 2.45) is 0 Å². The molecule has 0 N–H and O–H groups in total. The minimum Gasteiger partial charge on any atom is -0.302 e. The third kappa shape index (κ3) is 6.99. The molecule has 0 amide bonds. The first-order valence-electron chi connectivity index (χ1n) is 8.85. The van der Waals surface area contributed by atoms with Gasteiger partial charge in [0.1, 0.15) is 0 Å². The van der Waals surface area contributed by atoms with E-state index in [-0.39, 0.29) is 17.1 Å². The summed E-state index contributed by atoms with van der Waals surface area (Å²) in [5.41, 5.74) is 0. The first-order valence-corrected chi connectivity index (χ1v) is 9.60. The molecule has 2 fully saturated rings. The van der Waals surface area contributed by atoms with E-state index in [2.05, 4.69) is 33.4 Å². The average molecular weight is 406 g/mol. The number of hydrogen-bond donors (Lipinski definition) is 0. The second-order valence-corrected chi connectivity index (χ2v) is 7.91. The van der Waals surface area contributed by atoms with Gasteiger partial charge in [-0.25, -0.2) is 0 Å². The van der Waals surface area contributed by atoms with Gasteiger partial charge in [-0.3, -0.25) is 4.90 Å². The van der Waals surface area contributed by atoms with Gasteiger partial charge in [0, 0.05) is 52.2 Å². The van der Waals surface area contributed by atoms with Crippen LogP contribution in [-0.4, -0.2) is 96.0 Å². The summed E-state index contributed by atoms with van der Waals surface area (Å²) in [6.45, 7) is 16.3. The number of alkyl halides is 2. The minimum atomic E-state index is -0.741. The molecule has 2 unspecified atom stereocenters. The van der Waals surface area contributed by atoms with Gasteiger partial charge < -0.3 is 14.7 Å². The van der Waals surface area contributed by atoms with Gasteiger partial charge in [0.25, 0.3) is 0 Å². The SMILES string of the molecule is CCN1CCCN2CCN(CC)CCC(Cl)(Cl)N(CC1)CC2.[Mn+3]. The second-order valence-electron chi connectivity index (χ2n) is 6.47. The van der Waals surface area contributed by atoms with E-state index in [1.54, 1.807) is 0 Å². The second kappa shape index (κ2) is 10.8. The van der Waals surface area contributed by atoms with E-state index in [0.29, 0.717) is 0 Å². The van der Waals surface area contributed by atoms with Gasteiger partial charge in [-0.2, -0.15) is 0 Å². The summed E-state index contributed by atoms with van der Waals surface area (Å²) in [4.78, 5) is 9.87. The van der Waals surface area contributed by atoms with Crippen LogP contribution in [0, 0.1) is 0 Å². The Morgan fingerprint density at radius 1 is 0.739 bits per heavy atom. The summed E-state index contributed by atoms with van der Waals surface area (Å²) in [6.07, 6.45) is 2.07. The predicted octanol–water partition coefficient (Wildman–Crippen LogP) is 2.17. The summed E-state index contributed by atoms with van der Waals surface area (Å²) in [6, 6.07) is 0. The number of nitrogens with zero attached hydrogens (tertiary/aromatic N) is 4. The van der Waals surface area contributed by atoms with Crippen molar-refractivity contribution >= 4 is 23.2 Å². The van der Waals surface area contributed by atoms with E-state index in [1.165, 1.54) is 19.5 Å². The monoisotopic (exact) mass is 405 g/mol. The summed E-state index contributed by atoms with van der Waals surface area (Å²) in [7, 11) is 0. The van der Waals surface area contributed by atoms with E-state index in [1.807, 2.05) is 0 Å². The van der Waals surface area contributed by atoms with Gasteiger partial charge >= 0.3 is 17.1 Å². The summed E-state index contributed by atoms with van der Waals surface area (Å²) in [5, 5.41) is 0. The molecule has 0 spiro atoms. The van der Waals surface area contributed by atoms with Crippen molar-refractivity contribution in [1.29, 1.82) is 0 Å². The molecule has 2 atom stereocenters. The Morgan fingerprint density at radius 2 is 1.30 bits per heavy atom. The minimum absolute atomic E-state index is 0. The van der Waals surface area contributed by atoms with Gasteiger partial charge in [-0.1, -0.05) is 37.0 Å². The molecule has 0 radical (unpaired) electrons. The fraction of sp³-hybridized carbons (Fsp3) is 1.00. The van der Waals surface area contributed by atoms with Crippen LogP contribution in [0.15, 0.2) is 0 Å². The van der Waals surface area contributed by atoms with Crippen LogP contribution in [0.1, 0.15) is 26.7 Å². The molecule has 2 rings (SSSR count). The van der Waals surface area contributed by atoms with Crippen LogP contribution >= 0.6 is 23.2 Å². The molecule has 7 heteroatoms. The Morgan fingerprint density at radius 3 is 2.00 bits per heavy atom. The molecule has 2 aliphatic rings. The van der Waals surface area contributed by atoms with Gasteiger partial charge in [0.2, 0.25) is 0 Å². The Labute approximate surface area is 162 Å². The number of rotatable bonds is 2. The van der Waals surface area contributed by atoms with Crippen molar-refractivity contribution in [3.05, 3.63) is 0 Å². The normalized spacial score (nSPS) is 31.3. The summed E-state index contributed by atoms with van der Waals surface area (Å²) >= 11 is 13.5. The zero-order chi connectivity index (χ0) is 16.0. The molecule has 4 nitrogen and oxygen atoms in total. The third-order valence-corrected chi connectivity index (χ3v) is 6.00. The Balaban J connectivity index is 0.00000264. The first kappa shape index (κ1) is 22.0. The van der Waals surface area contributed by atoms with Crippen molar-refractivity contribution in [2.75, 3.05) is 72.0 Å². The van der Waals surface area contributed by atoms with Gasteiger partial charge in [-0.15, -0.1) is 0 Å². The molecule has 0 aromatic heterocycles. The Hall–Kier alpha value is 0.939. The standard InChI is InChI=1S/C16H32Cl2N4.Mn/c1-3-19-7-5-8-21-11-10-20(4-2)9-6-16(17,18)22(14-12-19)15-13-21;/h3-15H2,1-2H3;/q;+3. The van der Waals surface area contributed by atoms with Crippen LogP contribution in [0.4, 0.5) is 0 Å². The number of likely N-dealkylation sites (N-methyl/N-ethyl adjacent to an activating group) is 2. The van der Waals surface area contributed by atoms with Crippen LogP contribution in [0.5, 0.6) is 0 Å². The number of hydrogen-bond acceptors (Lipinski definition) is 4. The zero-order valence-corrected chi connectivity index (χ0v) is 17.3. The average Bonchev–Trinajstić information content (AvgIpc) is 2.51. The maximum atomic E-state index is 6.73. The fourth-order valence-corrected chi connectivity index (χ4v) is 3.91.